The molecule has 1 saturated carbocycles. The van der Waals surface area contributed by atoms with Crippen LogP contribution in [0.4, 0.5) is 0 Å². The molecule has 0 spiro atoms. The molecule has 2 heterocycles. The van der Waals surface area contributed by atoms with Crippen LogP contribution in [0.5, 0.6) is 0 Å². The fraction of sp³-hybridized carbons (Fsp3) is 0.300. The van der Waals surface area contributed by atoms with Crippen LogP contribution in [0.1, 0.15) is 28.8 Å². The zero-order valence-electron chi connectivity index (χ0n) is 14.9. The van der Waals surface area contributed by atoms with Gasteiger partial charge in [0, 0.05) is 17.7 Å². The molecule has 7 nitrogen and oxygen atoms in total. The minimum atomic E-state index is -0.532. The van der Waals surface area contributed by atoms with Crippen molar-refractivity contribution in [3.8, 4) is 0 Å². The third-order valence-electron chi connectivity index (χ3n) is 5.04. The van der Waals surface area contributed by atoms with Crippen LogP contribution in [-0.4, -0.2) is 40.4 Å². The molecule has 1 aromatic rings. The Morgan fingerprint density at radius 2 is 1.96 bits per heavy atom. The van der Waals surface area contributed by atoms with Crippen molar-refractivity contribution in [2.24, 2.45) is 10.9 Å². The third-order valence-corrected chi connectivity index (χ3v) is 5.36. The summed E-state index contributed by atoms with van der Waals surface area (Å²) < 4.78 is 10.7. The van der Waals surface area contributed by atoms with Gasteiger partial charge < -0.3 is 14.8 Å². The SMILES string of the molecule is O=C(NC1CC1)c1ccc(CN2C(=O)C3C=C4OCOC4=CC3=NC2=S)cc1. The summed E-state index contributed by atoms with van der Waals surface area (Å²) in [7, 11) is 0. The Kier molecular flexibility index (Phi) is 4.01. The number of nitrogens with one attached hydrogen (secondary N) is 1. The summed E-state index contributed by atoms with van der Waals surface area (Å²) in [6, 6.07) is 7.52. The van der Waals surface area contributed by atoms with Crippen molar-refractivity contribution in [1.82, 2.24) is 10.2 Å². The highest BCUT2D eigenvalue weighted by Crippen LogP contribution is 2.31. The Morgan fingerprint density at radius 3 is 2.71 bits per heavy atom. The fourth-order valence-corrected chi connectivity index (χ4v) is 3.58. The van der Waals surface area contributed by atoms with Gasteiger partial charge in [-0.2, -0.15) is 0 Å². The molecule has 5 rings (SSSR count). The summed E-state index contributed by atoms with van der Waals surface area (Å²) >= 11 is 5.34. The monoisotopic (exact) mass is 395 g/mol. The molecule has 0 aromatic heterocycles. The summed E-state index contributed by atoms with van der Waals surface area (Å²) in [5.74, 6) is 0.401. The van der Waals surface area contributed by atoms with Crippen molar-refractivity contribution in [3.05, 3.63) is 59.1 Å². The highest BCUT2D eigenvalue weighted by Gasteiger charge is 2.38. The van der Waals surface area contributed by atoms with Gasteiger partial charge in [-0.3, -0.25) is 14.5 Å². The second-order valence-corrected chi connectivity index (χ2v) is 7.48. The van der Waals surface area contributed by atoms with Gasteiger partial charge in [0.15, 0.2) is 11.5 Å². The van der Waals surface area contributed by atoms with E-state index in [0.29, 0.717) is 35.4 Å². The maximum Gasteiger partial charge on any atom is 0.251 e. The van der Waals surface area contributed by atoms with E-state index in [0.717, 1.165) is 18.4 Å². The number of nitrogens with zero attached hydrogens (tertiary/aromatic N) is 2. The molecule has 2 aliphatic heterocycles. The molecule has 1 unspecified atom stereocenters. The maximum atomic E-state index is 13.0. The Hall–Kier alpha value is -3.00. The minimum Gasteiger partial charge on any atom is -0.454 e. The highest BCUT2D eigenvalue weighted by atomic mass is 32.1. The van der Waals surface area contributed by atoms with Crippen LogP contribution in [0.15, 0.2) is 52.9 Å². The van der Waals surface area contributed by atoms with Crippen LogP contribution in [0.2, 0.25) is 0 Å². The Labute approximate surface area is 166 Å². The first-order chi connectivity index (χ1) is 13.6. The number of amides is 2. The van der Waals surface area contributed by atoms with Gasteiger partial charge in [-0.15, -0.1) is 0 Å². The van der Waals surface area contributed by atoms with Crippen LogP contribution < -0.4 is 5.32 Å². The summed E-state index contributed by atoms with van der Waals surface area (Å²) in [6.45, 7) is 0.438. The van der Waals surface area contributed by atoms with E-state index in [9.17, 15) is 9.59 Å². The summed E-state index contributed by atoms with van der Waals surface area (Å²) in [6.07, 6.45) is 5.53. The lowest BCUT2D eigenvalue weighted by molar-refractivity contribution is -0.129. The van der Waals surface area contributed by atoms with E-state index >= 15 is 0 Å². The van der Waals surface area contributed by atoms with E-state index < -0.39 is 5.92 Å². The van der Waals surface area contributed by atoms with Gasteiger partial charge in [0.05, 0.1) is 12.3 Å². The number of carbonyl (C=O) groups excluding carboxylic acids is 2. The molecular formula is C20H17N3O4S. The average molecular weight is 395 g/mol. The van der Waals surface area contributed by atoms with Crippen molar-refractivity contribution in [1.29, 1.82) is 0 Å². The predicted molar refractivity (Wildman–Crippen MR) is 104 cm³/mol. The van der Waals surface area contributed by atoms with Crippen molar-refractivity contribution < 1.29 is 19.1 Å². The Morgan fingerprint density at radius 1 is 1.21 bits per heavy atom. The maximum absolute atomic E-state index is 13.0. The highest BCUT2D eigenvalue weighted by molar-refractivity contribution is 7.80. The van der Waals surface area contributed by atoms with Crippen LogP contribution in [0, 0.1) is 5.92 Å². The molecule has 4 aliphatic rings. The van der Waals surface area contributed by atoms with Gasteiger partial charge in [-0.25, -0.2) is 4.99 Å². The number of hydrogen-bond acceptors (Lipinski definition) is 5. The Balaban J connectivity index is 1.33. The summed E-state index contributed by atoms with van der Waals surface area (Å²) in [4.78, 5) is 31.0. The Bertz CT molecular complexity index is 976. The lowest BCUT2D eigenvalue weighted by Crippen LogP contribution is -2.45. The summed E-state index contributed by atoms with van der Waals surface area (Å²) in [5, 5.41) is 3.18. The predicted octanol–water partition coefficient (Wildman–Crippen LogP) is 2.05. The zero-order valence-corrected chi connectivity index (χ0v) is 15.7. The standard InChI is InChI=1S/C20H17N3O4S/c24-18(21-13-5-6-13)12-3-1-11(2-4-12)9-23-19(25)14-7-16-17(27-10-26-16)8-15(14)22-20(23)28/h1-4,7-8,13-14H,5-6,9-10H2,(H,21,24). The van der Waals surface area contributed by atoms with Crippen molar-refractivity contribution >= 4 is 34.9 Å². The lowest BCUT2D eigenvalue weighted by Gasteiger charge is -2.30. The molecule has 1 saturated heterocycles. The number of rotatable bonds is 4. The first-order valence-corrected chi connectivity index (χ1v) is 9.52. The topological polar surface area (TPSA) is 80.2 Å². The lowest BCUT2D eigenvalue weighted by atomic mass is 9.93. The molecule has 1 N–H and O–H groups in total. The molecule has 1 aromatic carbocycles. The number of fused-ring (bicyclic) bond motifs is 2. The van der Waals surface area contributed by atoms with Crippen molar-refractivity contribution in [2.45, 2.75) is 25.4 Å². The molecular weight excluding hydrogens is 378 g/mol. The quantitative estimate of drug-likeness (QED) is 0.790. The van der Waals surface area contributed by atoms with Crippen LogP contribution >= 0.6 is 12.2 Å². The number of hydrogen-bond donors (Lipinski definition) is 1. The normalized spacial score (nSPS) is 22.9. The molecule has 0 radical (unpaired) electrons. The van der Waals surface area contributed by atoms with E-state index in [2.05, 4.69) is 10.3 Å². The van der Waals surface area contributed by atoms with Gasteiger partial charge >= 0.3 is 0 Å². The molecule has 8 heteroatoms. The zero-order chi connectivity index (χ0) is 19.3. The third kappa shape index (κ3) is 3.09. The van der Waals surface area contributed by atoms with Gasteiger partial charge in [-0.05, 0) is 48.8 Å². The van der Waals surface area contributed by atoms with Crippen LogP contribution in [0.25, 0.3) is 0 Å². The summed E-state index contributed by atoms with van der Waals surface area (Å²) in [5.41, 5.74) is 2.05. The van der Waals surface area contributed by atoms with E-state index in [1.54, 1.807) is 24.3 Å². The number of aliphatic imine (C=N–C) groups is 1. The molecule has 0 bridgehead atoms. The van der Waals surface area contributed by atoms with E-state index in [1.165, 1.54) is 4.90 Å². The van der Waals surface area contributed by atoms with Crippen LogP contribution in [-0.2, 0) is 20.8 Å². The smallest absolute Gasteiger partial charge is 0.251 e. The van der Waals surface area contributed by atoms with E-state index in [1.807, 2.05) is 12.1 Å². The van der Waals surface area contributed by atoms with Gasteiger partial charge in [0.1, 0.15) is 5.92 Å². The van der Waals surface area contributed by atoms with E-state index in [4.69, 9.17) is 21.7 Å². The van der Waals surface area contributed by atoms with E-state index in [-0.39, 0.29) is 23.7 Å². The fourth-order valence-electron chi connectivity index (χ4n) is 3.32. The molecule has 2 amide bonds. The number of ether oxygens (including phenoxy) is 2. The number of benzene rings is 1. The molecule has 28 heavy (non-hydrogen) atoms. The largest absolute Gasteiger partial charge is 0.454 e. The van der Waals surface area contributed by atoms with Gasteiger partial charge in [0.2, 0.25) is 17.8 Å². The van der Waals surface area contributed by atoms with Gasteiger partial charge in [-0.1, -0.05) is 12.1 Å². The van der Waals surface area contributed by atoms with Crippen molar-refractivity contribution in [3.63, 3.8) is 0 Å². The average Bonchev–Trinajstić information content (AvgIpc) is 3.38. The van der Waals surface area contributed by atoms with Crippen LogP contribution in [0.3, 0.4) is 0 Å². The first-order valence-electron chi connectivity index (χ1n) is 9.12. The number of allylic oxidation sites excluding steroid dienone is 1. The molecule has 142 valence electrons. The van der Waals surface area contributed by atoms with Crippen molar-refractivity contribution in [2.75, 3.05) is 6.79 Å². The second kappa shape index (κ2) is 6.56. The number of carbonyl (C=O) groups is 2. The minimum absolute atomic E-state index is 0.0666. The molecule has 2 fully saturated rings. The second-order valence-electron chi connectivity index (χ2n) is 7.11. The first kappa shape index (κ1) is 17.1. The molecule has 2 aliphatic carbocycles. The van der Waals surface area contributed by atoms with Gasteiger partial charge in [0.25, 0.3) is 5.91 Å². The molecule has 1 atom stereocenters. The number of thiocarbonyl (C=S) groups is 1.